The highest BCUT2D eigenvalue weighted by Gasteiger charge is 2.18. The van der Waals surface area contributed by atoms with E-state index >= 15 is 0 Å². The Bertz CT molecular complexity index is 1660. The van der Waals surface area contributed by atoms with Crippen molar-refractivity contribution in [1.82, 2.24) is 0 Å². The van der Waals surface area contributed by atoms with E-state index in [1.54, 1.807) is 36.4 Å². The first-order valence-corrected chi connectivity index (χ1v) is 16.5. The van der Waals surface area contributed by atoms with Gasteiger partial charge in [0.1, 0.15) is 11.5 Å². The number of hydrogen-bond donors (Lipinski definition) is 2. The van der Waals surface area contributed by atoms with Crippen LogP contribution >= 0.6 is 0 Å². The van der Waals surface area contributed by atoms with Crippen molar-refractivity contribution >= 4 is 23.9 Å². The highest BCUT2D eigenvalue weighted by atomic mass is 16.5. The van der Waals surface area contributed by atoms with Crippen LogP contribution in [-0.2, 0) is 28.5 Å². The van der Waals surface area contributed by atoms with Gasteiger partial charge in [-0.25, -0.2) is 19.2 Å². The molecule has 0 heterocycles. The molecule has 51 heavy (non-hydrogen) atoms. The first-order chi connectivity index (χ1) is 24.6. The molecule has 0 fully saturated rings. The van der Waals surface area contributed by atoms with E-state index in [-0.39, 0.29) is 24.3 Å². The highest BCUT2D eigenvalue weighted by Crippen LogP contribution is 2.35. The number of aryl methyl sites for hydroxylation is 1. The van der Waals surface area contributed by atoms with Gasteiger partial charge in [-0.1, -0.05) is 31.4 Å². The number of aromatic carboxylic acids is 2. The minimum absolute atomic E-state index is 0.0942. The second-order valence-electron chi connectivity index (χ2n) is 11.1. The lowest BCUT2D eigenvalue weighted by atomic mass is 9.91. The predicted molar refractivity (Wildman–Crippen MR) is 189 cm³/mol. The fourth-order valence-electron chi connectivity index (χ4n) is 4.89. The van der Waals surface area contributed by atoms with E-state index in [2.05, 4.69) is 13.2 Å². The minimum Gasteiger partial charge on any atom is -0.493 e. The van der Waals surface area contributed by atoms with Gasteiger partial charge in [0.05, 0.1) is 37.6 Å². The molecule has 0 bridgehead atoms. The lowest BCUT2D eigenvalue weighted by molar-refractivity contribution is -0.139. The van der Waals surface area contributed by atoms with Crippen LogP contribution < -0.4 is 9.47 Å². The van der Waals surface area contributed by atoms with Gasteiger partial charge in [0, 0.05) is 69.8 Å². The smallest absolute Gasteiger partial charge is 0.336 e. The molecular formula is C39H44O12. The first-order valence-electron chi connectivity index (χ1n) is 16.5. The van der Waals surface area contributed by atoms with Crippen LogP contribution in [0.2, 0.25) is 0 Å². The average molecular weight is 705 g/mol. The van der Waals surface area contributed by atoms with Crippen molar-refractivity contribution in [2.75, 3.05) is 52.9 Å². The van der Waals surface area contributed by atoms with E-state index < -0.39 is 23.9 Å². The van der Waals surface area contributed by atoms with Crippen molar-refractivity contribution in [2.24, 2.45) is 0 Å². The second-order valence-corrected chi connectivity index (χ2v) is 11.1. The maximum Gasteiger partial charge on any atom is 0.336 e. The lowest BCUT2D eigenvalue weighted by Gasteiger charge is -2.15. The van der Waals surface area contributed by atoms with Gasteiger partial charge in [-0.3, -0.25) is 0 Å². The molecule has 3 rings (SSSR count). The molecule has 0 saturated carbocycles. The van der Waals surface area contributed by atoms with Crippen molar-refractivity contribution in [1.29, 1.82) is 0 Å². The summed E-state index contributed by atoms with van der Waals surface area (Å²) in [6.07, 6.45) is 4.53. The summed E-state index contributed by atoms with van der Waals surface area (Å²) in [4.78, 5) is 46.4. The van der Waals surface area contributed by atoms with E-state index in [0.717, 1.165) is 17.7 Å². The number of carbonyl (C=O) groups is 4. The molecule has 0 amide bonds. The Kier molecular flexibility index (Phi) is 16.9. The van der Waals surface area contributed by atoms with Gasteiger partial charge in [0.2, 0.25) is 0 Å². The van der Waals surface area contributed by atoms with Crippen molar-refractivity contribution in [2.45, 2.75) is 32.6 Å². The molecule has 0 atom stereocenters. The van der Waals surface area contributed by atoms with Crippen molar-refractivity contribution in [3.05, 3.63) is 96.6 Å². The van der Waals surface area contributed by atoms with Gasteiger partial charge in [-0.15, -0.1) is 0 Å². The molecule has 0 aliphatic heterocycles. The largest absolute Gasteiger partial charge is 0.493 e. The predicted octanol–water partition coefficient (Wildman–Crippen LogP) is 6.54. The summed E-state index contributed by atoms with van der Waals surface area (Å²) >= 11 is 0. The molecule has 0 aromatic heterocycles. The Balaban J connectivity index is 1.63. The SMILES string of the molecule is C=CC(=O)OCCCOCCCOc1ccc(C(=O)O)c(-c2ccc(-c3cc(OCCCOCCCOC(=O)C=C)ccc3C(=O)O)c(C)c2)c1. The Hall–Kier alpha value is -5.46. The quantitative estimate of drug-likeness (QED) is 0.0589. The minimum atomic E-state index is -1.09. The van der Waals surface area contributed by atoms with Crippen LogP contribution in [0.4, 0.5) is 0 Å². The number of hydrogen-bond acceptors (Lipinski definition) is 10. The van der Waals surface area contributed by atoms with E-state index in [1.807, 2.05) is 13.0 Å². The molecule has 0 unspecified atom stereocenters. The van der Waals surface area contributed by atoms with Gasteiger partial charge >= 0.3 is 23.9 Å². The Labute approximate surface area is 297 Å². The lowest BCUT2D eigenvalue weighted by Crippen LogP contribution is -2.08. The topological polar surface area (TPSA) is 164 Å². The monoisotopic (exact) mass is 704 g/mol. The maximum absolute atomic E-state index is 12.1. The molecule has 2 N–H and O–H groups in total. The molecule has 0 aliphatic carbocycles. The Morgan fingerprint density at radius 3 is 1.47 bits per heavy atom. The highest BCUT2D eigenvalue weighted by molar-refractivity contribution is 5.99. The van der Waals surface area contributed by atoms with Crippen LogP contribution in [-0.4, -0.2) is 86.9 Å². The fourth-order valence-corrected chi connectivity index (χ4v) is 4.89. The molecular weight excluding hydrogens is 660 g/mol. The standard InChI is InChI=1S/C39H44O12/c1-4-36(40)50-22-8-18-46-16-6-20-48-29-11-14-32(38(42)43)34(25-29)28-10-13-31(27(3)24-28)35-26-30(12-15-33(35)39(44)45)49-21-7-17-47-19-9-23-51-37(41)5-2/h4-5,10-15,24-26H,1-2,6-9,16-23H2,3H3,(H,42,43)(H,44,45). The molecule has 0 saturated heterocycles. The molecule has 12 nitrogen and oxygen atoms in total. The number of benzene rings is 3. The summed E-state index contributed by atoms with van der Waals surface area (Å²) in [6.45, 7) is 11.4. The zero-order valence-corrected chi connectivity index (χ0v) is 28.7. The van der Waals surface area contributed by atoms with Gasteiger partial charge in [-0.05, 0) is 65.6 Å². The summed E-state index contributed by atoms with van der Waals surface area (Å²) in [5, 5.41) is 19.8. The first kappa shape index (κ1) is 40.0. The van der Waals surface area contributed by atoms with Crippen LogP contribution in [0, 0.1) is 6.92 Å². The van der Waals surface area contributed by atoms with E-state index in [1.165, 1.54) is 12.1 Å². The van der Waals surface area contributed by atoms with Crippen LogP contribution in [0.3, 0.4) is 0 Å². The average Bonchev–Trinajstić information content (AvgIpc) is 3.12. The summed E-state index contributed by atoms with van der Waals surface area (Å²) in [5.41, 5.74) is 3.13. The van der Waals surface area contributed by atoms with Crippen molar-refractivity contribution in [3.63, 3.8) is 0 Å². The molecule has 3 aromatic carbocycles. The third kappa shape index (κ3) is 13.4. The summed E-state index contributed by atoms with van der Waals surface area (Å²) in [7, 11) is 0. The summed E-state index contributed by atoms with van der Waals surface area (Å²) < 4.78 is 32.6. The third-order valence-corrected chi connectivity index (χ3v) is 7.36. The molecule has 0 radical (unpaired) electrons. The second kappa shape index (κ2) is 21.6. The Morgan fingerprint density at radius 2 is 1.02 bits per heavy atom. The van der Waals surface area contributed by atoms with E-state index in [9.17, 15) is 29.4 Å². The van der Waals surface area contributed by atoms with Gasteiger partial charge < -0.3 is 38.6 Å². The number of carboxylic acids is 2. The summed E-state index contributed by atoms with van der Waals surface area (Å²) in [5.74, 6) is -2.15. The zero-order chi connectivity index (χ0) is 37.0. The van der Waals surface area contributed by atoms with Crippen LogP contribution in [0.1, 0.15) is 52.0 Å². The number of rotatable bonds is 24. The molecule has 3 aromatic rings. The maximum atomic E-state index is 12.1. The molecule has 272 valence electrons. The van der Waals surface area contributed by atoms with Crippen LogP contribution in [0.15, 0.2) is 79.9 Å². The number of carbonyl (C=O) groups excluding carboxylic acids is 2. The van der Waals surface area contributed by atoms with E-state index in [4.69, 9.17) is 28.4 Å². The van der Waals surface area contributed by atoms with Gasteiger partial charge in [0.25, 0.3) is 0 Å². The summed E-state index contributed by atoms with van der Waals surface area (Å²) in [6, 6.07) is 14.9. The zero-order valence-electron chi connectivity index (χ0n) is 28.7. The van der Waals surface area contributed by atoms with Crippen molar-refractivity contribution in [3.8, 4) is 33.8 Å². The fraction of sp³-hybridized carbons (Fsp3) is 0.333. The Morgan fingerprint density at radius 1 is 0.569 bits per heavy atom. The van der Waals surface area contributed by atoms with Crippen LogP contribution in [0.25, 0.3) is 22.3 Å². The van der Waals surface area contributed by atoms with Gasteiger partial charge in [0.15, 0.2) is 0 Å². The van der Waals surface area contributed by atoms with Crippen molar-refractivity contribution < 1.29 is 57.8 Å². The van der Waals surface area contributed by atoms with Gasteiger partial charge in [-0.2, -0.15) is 0 Å². The van der Waals surface area contributed by atoms with Crippen LogP contribution in [0.5, 0.6) is 11.5 Å². The normalized spacial score (nSPS) is 10.6. The molecule has 12 heteroatoms. The third-order valence-electron chi connectivity index (χ3n) is 7.36. The van der Waals surface area contributed by atoms with E-state index in [0.29, 0.717) is 99.1 Å². The number of carboxylic acid groups (broad SMARTS) is 2. The number of ether oxygens (including phenoxy) is 6. The molecule has 0 aliphatic rings. The number of esters is 2. The molecule has 0 spiro atoms.